The second-order valence-corrected chi connectivity index (χ2v) is 24.2. The Bertz CT molecular complexity index is 1340. The van der Waals surface area contributed by atoms with Crippen LogP contribution in [-0.2, 0) is 32.7 Å². The third-order valence-corrected chi connectivity index (χ3v) is 15.1. The maximum absolute atomic E-state index is 12.8. The number of likely N-dealkylation sites (N-methyl/N-ethyl adjacent to an activating group) is 1. The summed E-state index contributed by atoms with van der Waals surface area (Å²) in [5.41, 5.74) is 0. The van der Waals surface area contributed by atoms with E-state index in [-0.39, 0.29) is 25.6 Å². The number of nitrogens with zero attached hydrogens (tertiary/aromatic N) is 1. The number of phosphoric ester groups is 1. The topological polar surface area (TPSA) is 108 Å². The first-order valence-electron chi connectivity index (χ1n) is 31.7. The minimum atomic E-state index is -4.39. The van der Waals surface area contributed by atoms with Crippen molar-refractivity contribution < 1.29 is 42.1 Å². The highest BCUT2D eigenvalue weighted by molar-refractivity contribution is 7.47. The lowest BCUT2D eigenvalue weighted by Crippen LogP contribution is -2.37. The molecule has 0 saturated carbocycles. The molecule has 0 fully saturated rings. The van der Waals surface area contributed by atoms with E-state index in [1.165, 1.54) is 218 Å². The van der Waals surface area contributed by atoms with Gasteiger partial charge in [0, 0.05) is 12.8 Å². The van der Waals surface area contributed by atoms with Crippen LogP contribution in [0.2, 0.25) is 0 Å². The first-order valence-corrected chi connectivity index (χ1v) is 33.2. The van der Waals surface area contributed by atoms with Crippen molar-refractivity contribution in [3.05, 3.63) is 36.5 Å². The first kappa shape index (κ1) is 72.2. The summed E-state index contributed by atoms with van der Waals surface area (Å²) in [7, 11) is 1.48. The largest absolute Gasteiger partial charge is 0.472 e. The Balaban J connectivity index is 3.93. The zero-order chi connectivity index (χ0) is 54.2. The van der Waals surface area contributed by atoms with Gasteiger partial charge in [0.05, 0.1) is 27.7 Å². The summed E-state index contributed by atoms with van der Waals surface area (Å²) in [6.45, 7) is 4.43. The third kappa shape index (κ3) is 59.5. The summed E-state index contributed by atoms with van der Waals surface area (Å²) in [5.74, 6) is -0.801. The van der Waals surface area contributed by atoms with Gasteiger partial charge in [-0.1, -0.05) is 262 Å². The summed E-state index contributed by atoms with van der Waals surface area (Å²) in [6.07, 6.45) is 69.7. The average molecular weight is 1070 g/mol. The predicted molar refractivity (Wildman–Crippen MR) is 317 cm³/mol. The highest BCUT2D eigenvalue weighted by Gasteiger charge is 2.27. The molecule has 0 aromatic heterocycles. The fourth-order valence-electron chi connectivity index (χ4n) is 9.22. The number of carbonyl (C=O) groups excluding carboxylic acids is 2. The van der Waals surface area contributed by atoms with E-state index >= 15 is 0 Å². The fraction of sp³-hybridized carbons (Fsp3) is 0.875. The average Bonchev–Trinajstić information content (AvgIpc) is 3.36. The zero-order valence-corrected chi connectivity index (χ0v) is 50.5. The molecule has 0 radical (unpaired) electrons. The Morgan fingerprint density at radius 1 is 0.419 bits per heavy atom. The molecule has 9 nitrogen and oxygen atoms in total. The van der Waals surface area contributed by atoms with Gasteiger partial charge in [-0.25, -0.2) is 4.57 Å². The van der Waals surface area contributed by atoms with E-state index in [1.807, 2.05) is 21.1 Å². The molecule has 0 aliphatic heterocycles. The molecule has 2 unspecified atom stereocenters. The van der Waals surface area contributed by atoms with E-state index in [0.29, 0.717) is 23.9 Å². The molecule has 0 aromatic rings. The number of unbranched alkanes of at least 4 members (excludes halogenated alkanes) is 39. The first-order chi connectivity index (χ1) is 36.0. The molecular formula is C64H123NO8P+. The monoisotopic (exact) mass is 1060 g/mol. The molecule has 0 heterocycles. The predicted octanol–water partition coefficient (Wildman–Crippen LogP) is 19.9. The number of allylic oxidation sites excluding steroid dienone is 6. The lowest BCUT2D eigenvalue weighted by molar-refractivity contribution is -0.870. The molecule has 1 N–H and O–H groups in total. The SMILES string of the molecule is CCCCC/C=C\C/C=C\CCCCCCCC(=O)OC(COC(=O)CCCCCCCCCCCCCCCCCCCCCCCCC/C=C\CCCCCCCCCC)COP(=O)(O)OCC[N+](C)(C)C. The summed E-state index contributed by atoms with van der Waals surface area (Å²) in [4.78, 5) is 35.7. The molecule has 0 rings (SSSR count). The molecule has 436 valence electrons. The Morgan fingerprint density at radius 3 is 1.11 bits per heavy atom. The molecule has 0 spiro atoms. The molecule has 10 heteroatoms. The van der Waals surface area contributed by atoms with Gasteiger partial charge in [-0.2, -0.15) is 0 Å². The van der Waals surface area contributed by atoms with E-state index in [4.69, 9.17) is 18.5 Å². The van der Waals surface area contributed by atoms with E-state index in [2.05, 4.69) is 50.3 Å². The summed E-state index contributed by atoms with van der Waals surface area (Å²) in [6, 6.07) is 0. The summed E-state index contributed by atoms with van der Waals surface area (Å²) < 4.78 is 34.5. The minimum absolute atomic E-state index is 0.0303. The van der Waals surface area contributed by atoms with Gasteiger partial charge in [0.1, 0.15) is 19.8 Å². The Labute approximate surface area is 459 Å². The second kappa shape index (κ2) is 56.0. The molecule has 2 atom stereocenters. The van der Waals surface area contributed by atoms with E-state index in [1.54, 1.807) is 0 Å². The van der Waals surface area contributed by atoms with Crippen LogP contribution < -0.4 is 0 Å². The van der Waals surface area contributed by atoms with Gasteiger partial charge in [-0.15, -0.1) is 0 Å². The van der Waals surface area contributed by atoms with Gasteiger partial charge < -0.3 is 18.9 Å². The Morgan fingerprint density at radius 2 is 0.730 bits per heavy atom. The van der Waals surface area contributed by atoms with Crippen LogP contribution in [0.3, 0.4) is 0 Å². The lowest BCUT2D eigenvalue weighted by atomic mass is 10.0. The van der Waals surface area contributed by atoms with Gasteiger partial charge in [0.15, 0.2) is 6.10 Å². The molecular weight excluding hydrogens is 942 g/mol. The van der Waals surface area contributed by atoms with E-state index in [9.17, 15) is 19.0 Å². The van der Waals surface area contributed by atoms with Crippen LogP contribution in [0.4, 0.5) is 0 Å². The second-order valence-electron chi connectivity index (χ2n) is 22.8. The number of hydrogen-bond acceptors (Lipinski definition) is 7. The van der Waals surface area contributed by atoms with Crippen molar-refractivity contribution in [3.8, 4) is 0 Å². The van der Waals surface area contributed by atoms with Crippen LogP contribution in [-0.4, -0.2) is 74.9 Å². The van der Waals surface area contributed by atoms with E-state index in [0.717, 1.165) is 57.8 Å². The van der Waals surface area contributed by atoms with Gasteiger partial charge in [0.2, 0.25) is 0 Å². The van der Waals surface area contributed by atoms with Crippen LogP contribution in [0, 0.1) is 0 Å². The van der Waals surface area contributed by atoms with Gasteiger partial charge in [0.25, 0.3) is 0 Å². The smallest absolute Gasteiger partial charge is 0.462 e. The number of carbonyl (C=O) groups is 2. The van der Waals surface area contributed by atoms with Crippen molar-refractivity contribution in [1.82, 2.24) is 0 Å². The van der Waals surface area contributed by atoms with Crippen LogP contribution in [0.15, 0.2) is 36.5 Å². The summed E-state index contributed by atoms with van der Waals surface area (Å²) >= 11 is 0. The molecule has 74 heavy (non-hydrogen) atoms. The molecule has 0 aliphatic carbocycles. The van der Waals surface area contributed by atoms with Crippen LogP contribution in [0.25, 0.3) is 0 Å². The van der Waals surface area contributed by atoms with Crippen molar-refractivity contribution in [3.63, 3.8) is 0 Å². The number of rotatable bonds is 59. The maximum atomic E-state index is 12.8. The highest BCUT2D eigenvalue weighted by Crippen LogP contribution is 2.43. The molecule has 0 saturated heterocycles. The fourth-order valence-corrected chi connectivity index (χ4v) is 9.96. The standard InChI is InChI=1S/C64H122NO8P/c1-6-8-10-12-14-16-18-20-22-23-24-25-26-27-28-29-30-31-32-33-34-35-36-37-38-39-40-41-43-44-46-48-50-52-54-56-63(66)70-60-62(61-72-74(68,69)71-59-58-65(3,4)5)73-64(67)57-55-53-51-49-47-45-42-21-19-17-15-13-11-9-7-2/h15,17,21,23-24,42,62H,6-14,16,18-20,22,25-41,43-61H2,1-5H3/p+1/b17-15-,24-23-,42-21-. The minimum Gasteiger partial charge on any atom is -0.462 e. The molecule has 0 aliphatic rings. The van der Waals surface area contributed by atoms with Crippen molar-refractivity contribution in [1.29, 1.82) is 0 Å². The molecule has 0 amide bonds. The van der Waals surface area contributed by atoms with Gasteiger partial charge >= 0.3 is 19.8 Å². The van der Waals surface area contributed by atoms with Crippen molar-refractivity contribution in [2.75, 3.05) is 47.5 Å². The van der Waals surface area contributed by atoms with E-state index < -0.39 is 26.5 Å². The highest BCUT2D eigenvalue weighted by atomic mass is 31.2. The van der Waals surface area contributed by atoms with Crippen molar-refractivity contribution in [2.45, 2.75) is 315 Å². The number of hydrogen-bond donors (Lipinski definition) is 1. The third-order valence-electron chi connectivity index (χ3n) is 14.1. The number of quaternary nitrogens is 1. The normalized spacial score (nSPS) is 13.4. The Hall–Kier alpha value is -1.77. The summed E-state index contributed by atoms with van der Waals surface area (Å²) in [5, 5.41) is 0. The number of esters is 2. The zero-order valence-electron chi connectivity index (χ0n) is 49.6. The van der Waals surface area contributed by atoms with Gasteiger partial charge in [-0.05, 0) is 70.6 Å². The lowest BCUT2D eigenvalue weighted by Gasteiger charge is -2.24. The van der Waals surface area contributed by atoms with Crippen LogP contribution >= 0.6 is 7.82 Å². The quantitative estimate of drug-likeness (QED) is 0.0211. The molecule has 0 bridgehead atoms. The van der Waals surface area contributed by atoms with Crippen LogP contribution in [0.1, 0.15) is 309 Å². The van der Waals surface area contributed by atoms with Gasteiger partial charge in [-0.3, -0.25) is 18.6 Å². The van der Waals surface area contributed by atoms with Crippen molar-refractivity contribution in [2.24, 2.45) is 0 Å². The van der Waals surface area contributed by atoms with Crippen LogP contribution in [0.5, 0.6) is 0 Å². The number of phosphoric acid groups is 1. The molecule has 0 aromatic carbocycles. The Kier molecular flexibility index (Phi) is 54.6. The maximum Gasteiger partial charge on any atom is 0.472 e. The van der Waals surface area contributed by atoms with Crippen molar-refractivity contribution >= 4 is 19.8 Å². The number of ether oxygens (including phenoxy) is 2.